The van der Waals surface area contributed by atoms with E-state index in [0.29, 0.717) is 0 Å². The maximum absolute atomic E-state index is 2.42. The Balaban J connectivity index is 2.05. The Labute approximate surface area is 95.3 Å². The van der Waals surface area contributed by atoms with Crippen LogP contribution >= 0.6 is 0 Å². The van der Waals surface area contributed by atoms with Crippen molar-refractivity contribution in [3.05, 3.63) is 51.9 Å². The van der Waals surface area contributed by atoms with Crippen LogP contribution in [0.1, 0.15) is 29.9 Å². The van der Waals surface area contributed by atoms with E-state index in [1.807, 2.05) is 0 Å². The molecule has 0 amide bonds. The van der Waals surface area contributed by atoms with E-state index >= 15 is 0 Å². The Morgan fingerprint density at radius 3 is 3.12 bits per heavy atom. The molecule has 0 heteroatoms. The topological polar surface area (TPSA) is 0 Å². The lowest BCUT2D eigenvalue weighted by molar-refractivity contribution is 0.992. The van der Waals surface area contributed by atoms with Crippen LogP contribution in [0, 0.1) is 5.92 Å². The standard InChI is InChI=1S/C16H14/c1-2-4-11-8-13-6-7-14-10-16(14)15(13)9-12(11)5-3-1/h1-2,4-9,14,16H,3,10H2. The molecule has 0 N–H and O–H groups in total. The minimum Gasteiger partial charge on any atom is -0.0807 e. The van der Waals surface area contributed by atoms with E-state index in [0.717, 1.165) is 18.3 Å². The summed E-state index contributed by atoms with van der Waals surface area (Å²) in [5, 5.41) is 2.79. The van der Waals surface area contributed by atoms with Crippen molar-refractivity contribution >= 4 is 18.2 Å². The first-order valence-corrected chi connectivity index (χ1v) is 6.11. The highest BCUT2D eigenvalue weighted by molar-refractivity contribution is 5.63. The van der Waals surface area contributed by atoms with Gasteiger partial charge < -0.3 is 0 Å². The summed E-state index contributed by atoms with van der Waals surface area (Å²) in [5.41, 5.74) is 3.02. The van der Waals surface area contributed by atoms with Gasteiger partial charge >= 0.3 is 0 Å². The molecule has 3 aliphatic rings. The first kappa shape index (κ1) is 8.58. The summed E-state index contributed by atoms with van der Waals surface area (Å²) in [7, 11) is 0. The van der Waals surface area contributed by atoms with Crippen LogP contribution in [0.5, 0.6) is 0 Å². The Hall–Kier alpha value is -1.56. The molecule has 16 heavy (non-hydrogen) atoms. The molecule has 1 fully saturated rings. The summed E-state index contributed by atoms with van der Waals surface area (Å²) in [6, 6.07) is 4.77. The second kappa shape index (κ2) is 2.98. The highest BCUT2D eigenvalue weighted by Gasteiger charge is 2.39. The van der Waals surface area contributed by atoms with Gasteiger partial charge in [0.15, 0.2) is 0 Å². The van der Waals surface area contributed by atoms with E-state index in [2.05, 4.69) is 48.6 Å². The van der Waals surface area contributed by atoms with Gasteiger partial charge in [-0.3, -0.25) is 0 Å². The van der Waals surface area contributed by atoms with Gasteiger partial charge in [0.2, 0.25) is 0 Å². The molecule has 3 aliphatic carbocycles. The number of allylic oxidation sites excluding steroid dienone is 3. The fraction of sp³-hybridized carbons (Fsp3) is 0.250. The molecule has 0 heterocycles. The fourth-order valence-corrected chi connectivity index (χ4v) is 2.91. The van der Waals surface area contributed by atoms with Gasteiger partial charge in [-0.05, 0) is 52.3 Å². The average Bonchev–Trinajstić information content (AvgIpc) is 3.09. The van der Waals surface area contributed by atoms with E-state index in [9.17, 15) is 0 Å². The second-order valence-electron chi connectivity index (χ2n) is 5.01. The van der Waals surface area contributed by atoms with Crippen LogP contribution in [0.2, 0.25) is 0 Å². The van der Waals surface area contributed by atoms with Crippen LogP contribution in [-0.4, -0.2) is 0 Å². The molecule has 0 aromatic heterocycles. The molecular weight excluding hydrogens is 192 g/mol. The van der Waals surface area contributed by atoms with E-state index in [-0.39, 0.29) is 0 Å². The molecular formula is C16H14. The van der Waals surface area contributed by atoms with E-state index in [4.69, 9.17) is 0 Å². The van der Waals surface area contributed by atoms with Gasteiger partial charge in [0.25, 0.3) is 0 Å². The van der Waals surface area contributed by atoms with Crippen molar-refractivity contribution in [3.63, 3.8) is 0 Å². The van der Waals surface area contributed by atoms with E-state index in [1.54, 1.807) is 5.56 Å². The van der Waals surface area contributed by atoms with Gasteiger partial charge in [-0.15, -0.1) is 0 Å². The van der Waals surface area contributed by atoms with Gasteiger partial charge in [-0.1, -0.05) is 42.5 Å². The predicted octanol–water partition coefficient (Wildman–Crippen LogP) is 2.34. The molecule has 0 bridgehead atoms. The Morgan fingerprint density at radius 1 is 1.12 bits per heavy atom. The zero-order valence-electron chi connectivity index (χ0n) is 9.19. The predicted molar refractivity (Wildman–Crippen MR) is 68.3 cm³/mol. The number of hydrogen-bond acceptors (Lipinski definition) is 0. The molecule has 0 aliphatic heterocycles. The monoisotopic (exact) mass is 206 g/mol. The molecule has 1 aromatic carbocycles. The van der Waals surface area contributed by atoms with Crippen molar-refractivity contribution in [3.8, 4) is 0 Å². The number of benzene rings is 1. The van der Waals surface area contributed by atoms with Gasteiger partial charge in [-0.25, -0.2) is 0 Å². The molecule has 0 saturated heterocycles. The molecule has 0 spiro atoms. The number of fused-ring (bicyclic) bond motifs is 4. The highest BCUT2D eigenvalue weighted by Crippen LogP contribution is 2.51. The number of hydrogen-bond donors (Lipinski definition) is 0. The summed E-state index contributed by atoms with van der Waals surface area (Å²) in [4.78, 5) is 0. The molecule has 4 rings (SSSR count). The van der Waals surface area contributed by atoms with E-state index < -0.39 is 0 Å². The maximum Gasteiger partial charge on any atom is -0.00867 e. The van der Waals surface area contributed by atoms with Crippen molar-refractivity contribution in [2.45, 2.75) is 18.8 Å². The van der Waals surface area contributed by atoms with Crippen LogP contribution in [0.4, 0.5) is 0 Å². The van der Waals surface area contributed by atoms with Crippen molar-refractivity contribution in [2.24, 2.45) is 5.92 Å². The summed E-state index contributed by atoms with van der Waals surface area (Å²) in [5.74, 6) is 1.67. The molecule has 1 aromatic rings. The molecule has 2 atom stereocenters. The first-order valence-electron chi connectivity index (χ1n) is 6.11. The zero-order valence-corrected chi connectivity index (χ0v) is 9.19. The normalized spacial score (nSPS) is 28.0. The molecule has 1 saturated carbocycles. The van der Waals surface area contributed by atoms with Gasteiger partial charge in [0.05, 0.1) is 0 Å². The Bertz CT molecular complexity index is 629. The smallest absolute Gasteiger partial charge is 0.00867 e. The van der Waals surface area contributed by atoms with Gasteiger partial charge in [-0.2, -0.15) is 0 Å². The highest BCUT2D eigenvalue weighted by atomic mass is 14.4. The number of rotatable bonds is 0. The Kier molecular flexibility index (Phi) is 1.59. The minimum absolute atomic E-state index is 0.829. The fourth-order valence-electron chi connectivity index (χ4n) is 2.91. The lowest BCUT2D eigenvalue weighted by atomic mass is 9.95. The molecule has 0 radical (unpaired) electrons. The minimum atomic E-state index is 0.829. The van der Waals surface area contributed by atoms with Crippen molar-refractivity contribution in [1.82, 2.24) is 0 Å². The third kappa shape index (κ3) is 1.16. The molecule has 0 nitrogen and oxygen atoms in total. The summed E-state index contributed by atoms with van der Waals surface area (Å²) in [6.07, 6.45) is 16.1. The second-order valence-corrected chi connectivity index (χ2v) is 5.01. The van der Waals surface area contributed by atoms with Crippen molar-refractivity contribution in [1.29, 1.82) is 0 Å². The van der Waals surface area contributed by atoms with Gasteiger partial charge in [0.1, 0.15) is 0 Å². The SMILES string of the molecule is C1=CCC=c2cc3c(cc2=C1)C=CC1CC31. The van der Waals surface area contributed by atoms with E-state index in [1.165, 1.54) is 22.4 Å². The third-order valence-corrected chi connectivity index (χ3v) is 3.94. The maximum atomic E-state index is 2.42. The van der Waals surface area contributed by atoms with Crippen molar-refractivity contribution < 1.29 is 0 Å². The zero-order chi connectivity index (χ0) is 10.5. The van der Waals surface area contributed by atoms with Crippen LogP contribution in [0.25, 0.3) is 18.2 Å². The Morgan fingerprint density at radius 2 is 2.12 bits per heavy atom. The van der Waals surface area contributed by atoms with Crippen LogP contribution in [-0.2, 0) is 0 Å². The largest absolute Gasteiger partial charge is 0.0807 e. The van der Waals surface area contributed by atoms with Gasteiger partial charge in [0, 0.05) is 0 Å². The van der Waals surface area contributed by atoms with Crippen LogP contribution in [0.3, 0.4) is 0 Å². The lowest BCUT2D eigenvalue weighted by Crippen LogP contribution is -2.25. The van der Waals surface area contributed by atoms with Crippen molar-refractivity contribution in [2.75, 3.05) is 0 Å². The lowest BCUT2D eigenvalue weighted by Gasteiger charge is -2.09. The summed E-state index contributed by atoms with van der Waals surface area (Å²) < 4.78 is 0. The van der Waals surface area contributed by atoms with Crippen LogP contribution in [0.15, 0.2) is 30.4 Å². The summed E-state index contributed by atoms with van der Waals surface area (Å²) in [6.45, 7) is 0. The third-order valence-electron chi connectivity index (χ3n) is 3.94. The summed E-state index contributed by atoms with van der Waals surface area (Å²) >= 11 is 0. The molecule has 78 valence electrons. The average molecular weight is 206 g/mol. The quantitative estimate of drug-likeness (QED) is 0.611. The van der Waals surface area contributed by atoms with Crippen LogP contribution < -0.4 is 10.4 Å². The first-order chi connectivity index (χ1) is 7.92. The molecule has 2 unspecified atom stereocenters.